The van der Waals surface area contributed by atoms with Gasteiger partial charge >= 0.3 is 5.97 Å². The molecule has 1 amide bonds. The molecule has 1 heterocycles. The summed E-state index contributed by atoms with van der Waals surface area (Å²) in [5.74, 6) is -0.871. The summed E-state index contributed by atoms with van der Waals surface area (Å²) in [6.45, 7) is 5.02. The fourth-order valence-corrected chi connectivity index (χ4v) is 2.28. The third-order valence-electron chi connectivity index (χ3n) is 3.78. The quantitative estimate of drug-likeness (QED) is 0.615. The van der Waals surface area contributed by atoms with Crippen LogP contribution in [-0.4, -0.2) is 42.3 Å². The molecule has 1 aliphatic heterocycles. The zero-order valence-electron chi connectivity index (χ0n) is 12.4. The van der Waals surface area contributed by atoms with Crippen LogP contribution in [0.5, 0.6) is 0 Å². The first-order valence-corrected chi connectivity index (χ1v) is 7.19. The van der Waals surface area contributed by atoms with Crippen LogP contribution in [0.15, 0.2) is 0 Å². The van der Waals surface area contributed by atoms with Crippen LogP contribution in [0.25, 0.3) is 0 Å². The molecule has 0 bridgehead atoms. The first-order chi connectivity index (χ1) is 9.34. The fraction of sp³-hybridized carbons (Fsp3) is 0.857. The molecule has 116 valence electrons. The van der Waals surface area contributed by atoms with Gasteiger partial charge in [0, 0.05) is 19.5 Å². The molecule has 1 aliphatic rings. The Labute approximate surface area is 120 Å². The Morgan fingerprint density at radius 1 is 1.35 bits per heavy atom. The molecule has 0 radical (unpaired) electrons. The van der Waals surface area contributed by atoms with Crippen molar-refractivity contribution >= 4 is 11.9 Å². The van der Waals surface area contributed by atoms with E-state index in [1.54, 1.807) is 0 Å². The van der Waals surface area contributed by atoms with E-state index in [2.05, 4.69) is 5.32 Å². The summed E-state index contributed by atoms with van der Waals surface area (Å²) < 4.78 is 5.52. The summed E-state index contributed by atoms with van der Waals surface area (Å²) in [5.41, 5.74) is 5.41. The van der Waals surface area contributed by atoms with Gasteiger partial charge in [-0.05, 0) is 31.1 Å². The van der Waals surface area contributed by atoms with E-state index in [0.717, 1.165) is 19.3 Å². The number of amides is 1. The van der Waals surface area contributed by atoms with Crippen molar-refractivity contribution in [1.82, 2.24) is 5.32 Å². The third kappa shape index (κ3) is 5.88. The summed E-state index contributed by atoms with van der Waals surface area (Å²) in [5, 5.41) is 11.5. The van der Waals surface area contributed by atoms with Crippen molar-refractivity contribution in [2.75, 3.05) is 13.1 Å². The van der Waals surface area contributed by atoms with E-state index < -0.39 is 5.97 Å². The van der Waals surface area contributed by atoms with Gasteiger partial charge in [0.1, 0.15) is 6.10 Å². The molecule has 0 aromatic carbocycles. The van der Waals surface area contributed by atoms with E-state index in [4.69, 9.17) is 15.6 Å². The average Bonchev–Trinajstić information content (AvgIpc) is 2.85. The minimum absolute atomic E-state index is 0.00208. The van der Waals surface area contributed by atoms with Crippen molar-refractivity contribution in [3.8, 4) is 0 Å². The zero-order chi connectivity index (χ0) is 15.2. The number of carboxylic acids is 1. The minimum atomic E-state index is -0.783. The van der Waals surface area contributed by atoms with Crippen molar-refractivity contribution < 1.29 is 19.4 Å². The molecule has 4 N–H and O–H groups in total. The molecule has 1 rings (SSSR count). The van der Waals surface area contributed by atoms with Crippen LogP contribution in [0.4, 0.5) is 0 Å². The van der Waals surface area contributed by atoms with Crippen LogP contribution < -0.4 is 11.1 Å². The van der Waals surface area contributed by atoms with Gasteiger partial charge in [-0.2, -0.15) is 0 Å². The predicted octanol–water partition coefficient (Wildman–Crippen LogP) is 0.890. The Balaban J connectivity index is 2.23. The highest BCUT2D eigenvalue weighted by Gasteiger charge is 2.29. The zero-order valence-corrected chi connectivity index (χ0v) is 12.4. The van der Waals surface area contributed by atoms with Crippen LogP contribution in [-0.2, 0) is 14.3 Å². The number of nitrogens with two attached hydrogens (primary N) is 1. The second-order valence-electron chi connectivity index (χ2n) is 6.16. The minimum Gasteiger partial charge on any atom is -0.481 e. The Morgan fingerprint density at radius 3 is 2.60 bits per heavy atom. The maximum absolute atomic E-state index is 11.9. The Kier molecular flexibility index (Phi) is 6.42. The van der Waals surface area contributed by atoms with Gasteiger partial charge in [0.05, 0.1) is 6.10 Å². The van der Waals surface area contributed by atoms with Gasteiger partial charge in [-0.3, -0.25) is 9.59 Å². The van der Waals surface area contributed by atoms with Gasteiger partial charge in [0.2, 0.25) is 5.91 Å². The smallest absolute Gasteiger partial charge is 0.303 e. The maximum atomic E-state index is 11.9. The lowest BCUT2D eigenvalue weighted by molar-refractivity contribution is -0.137. The molecule has 0 aromatic heterocycles. The molecule has 1 fully saturated rings. The molecule has 20 heavy (non-hydrogen) atoms. The predicted molar refractivity (Wildman–Crippen MR) is 75.2 cm³/mol. The molecule has 6 nitrogen and oxygen atoms in total. The lowest BCUT2D eigenvalue weighted by Crippen LogP contribution is -2.37. The van der Waals surface area contributed by atoms with Crippen LogP contribution in [0, 0.1) is 5.41 Å². The normalized spacial score (nSPS) is 22.8. The standard InChI is InChI=1S/C14H26N2O4/c1-14(2,6-5-12(17)18)7-8-16-13(19)11-4-3-10(9-15)20-11/h10-11H,3-9,15H2,1-2H3,(H,16,19)(H,17,18). The third-order valence-corrected chi connectivity index (χ3v) is 3.78. The van der Waals surface area contributed by atoms with E-state index >= 15 is 0 Å². The average molecular weight is 286 g/mol. The molecule has 1 saturated heterocycles. The highest BCUT2D eigenvalue weighted by atomic mass is 16.5. The molecule has 2 unspecified atom stereocenters. The second-order valence-corrected chi connectivity index (χ2v) is 6.16. The van der Waals surface area contributed by atoms with Crippen molar-refractivity contribution in [3.05, 3.63) is 0 Å². The first-order valence-electron chi connectivity index (χ1n) is 7.19. The monoisotopic (exact) mass is 286 g/mol. The summed E-state index contributed by atoms with van der Waals surface area (Å²) in [7, 11) is 0. The van der Waals surface area contributed by atoms with E-state index in [1.807, 2.05) is 13.8 Å². The molecule has 2 atom stereocenters. The van der Waals surface area contributed by atoms with E-state index in [9.17, 15) is 9.59 Å². The van der Waals surface area contributed by atoms with Crippen LogP contribution in [0.3, 0.4) is 0 Å². The molecular formula is C14H26N2O4. The number of nitrogens with one attached hydrogen (secondary N) is 1. The number of rotatable bonds is 8. The van der Waals surface area contributed by atoms with Crippen molar-refractivity contribution in [2.24, 2.45) is 11.1 Å². The largest absolute Gasteiger partial charge is 0.481 e. The number of carbonyl (C=O) groups excluding carboxylic acids is 1. The summed E-state index contributed by atoms with van der Waals surface area (Å²) in [6.07, 6.45) is 2.68. The lowest BCUT2D eigenvalue weighted by atomic mass is 9.84. The molecular weight excluding hydrogens is 260 g/mol. The topological polar surface area (TPSA) is 102 Å². The second kappa shape index (κ2) is 7.59. The highest BCUT2D eigenvalue weighted by Crippen LogP contribution is 2.26. The summed E-state index contributed by atoms with van der Waals surface area (Å²) in [4.78, 5) is 22.5. The van der Waals surface area contributed by atoms with Crippen LogP contribution in [0.2, 0.25) is 0 Å². The van der Waals surface area contributed by atoms with Crippen molar-refractivity contribution in [3.63, 3.8) is 0 Å². The van der Waals surface area contributed by atoms with E-state index in [1.165, 1.54) is 0 Å². The lowest BCUT2D eigenvalue weighted by Gasteiger charge is -2.24. The summed E-state index contributed by atoms with van der Waals surface area (Å²) in [6, 6.07) is 0. The van der Waals surface area contributed by atoms with Crippen LogP contribution >= 0.6 is 0 Å². The van der Waals surface area contributed by atoms with Gasteiger partial charge in [0.25, 0.3) is 0 Å². The summed E-state index contributed by atoms with van der Waals surface area (Å²) >= 11 is 0. The van der Waals surface area contributed by atoms with Crippen molar-refractivity contribution in [1.29, 1.82) is 0 Å². The molecule has 6 heteroatoms. The van der Waals surface area contributed by atoms with Gasteiger partial charge in [-0.15, -0.1) is 0 Å². The molecule has 0 spiro atoms. The van der Waals surface area contributed by atoms with Gasteiger partial charge in [0.15, 0.2) is 0 Å². The van der Waals surface area contributed by atoms with E-state index in [-0.39, 0.29) is 30.0 Å². The number of aliphatic carboxylic acids is 1. The van der Waals surface area contributed by atoms with Gasteiger partial charge < -0.3 is 20.9 Å². The van der Waals surface area contributed by atoms with Crippen LogP contribution in [0.1, 0.15) is 46.0 Å². The maximum Gasteiger partial charge on any atom is 0.303 e. The number of hydrogen-bond acceptors (Lipinski definition) is 4. The first kappa shape index (κ1) is 16.9. The van der Waals surface area contributed by atoms with Gasteiger partial charge in [-0.25, -0.2) is 0 Å². The Bertz CT molecular complexity index is 344. The highest BCUT2D eigenvalue weighted by molar-refractivity contribution is 5.81. The Morgan fingerprint density at radius 2 is 2.05 bits per heavy atom. The van der Waals surface area contributed by atoms with Gasteiger partial charge in [-0.1, -0.05) is 13.8 Å². The SMILES string of the molecule is CC(C)(CCNC(=O)C1CCC(CN)O1)CCC(=O)O. The fourth-order valence-electron chi connectivity index (χ4n) is 2.28. The van der Waals surface area contributed by atoms with Crippen molar-refractivity contribution in [2.45, 2.75) is 58.2 Å². The number of ether oxygens (including phenoxy) is 1. The molecule has 0 aromatic rings. The molecule has 0 saturated carbocycles. The number of carboxylic acid groups (broad SMARTS) is 1. The number of hydrogen-bond donors (Lipinski definition) is 3. The van der Waals surface area contributed by atoms with E-state index in [0.29, 0.717) is 19.5 Å². The number of carbonyl (C=O) groups is 2. The molecule has 0 aliphatic carbocycles. The Hall–Kier alpha value is -1.14.